The van der Waals surface area contributed by atoms with E-state index in [4.69, 9.17) is 10.5 Å². The second-order valence-corrected chi connectivity index (χ2v) is 6.61. The second-order valence-electron chi connectivity index (χ2n) is 4.84. The zero-order valence-electron chi connectivity index (χ0n) is 12.4. The molecule has 0 bridgehead atoms. The van der Waals surface area contributed by atoms with Gasteiger partial charge in [0.1, 0.15) is 11.6 Å². The van der Waals surface area contributed by atoms with Crippen molar-refractivity contribution in [2.75, 3.05) is 12.8 Å². The monoisotopic (exact) mass is 329 g/mol. The largest absolute Gasteiger partial charge is 0.497 e. The fourth-order valence-corrected chi connectivity index (χ4v) is 3.39. The number of benzene rings is 2. The molecule has 0 aliphatic rings. The molecule has 2 N–H and O–H groups in total. The highest BCUT2D eigenvalue weighted by Crippen LogP contribution is 2.25. The Labute approximate surface area is 134 Å². The molecule has 3 rings (SSSR count). The molecule has 6 nitrogen and oxygen atoms in total. The number of rotatable bonds is 4. The minimum absolute atomic E-state index is 0.0553. The van der Waals surface area contributed by atoms with Gasteiger partial charge in [-0.15, -0.1) is 4.09 Å². The van der Waals surface area contributed by atoms with Crippen molar-refractivity contribution in [1.82, 2.24) is 9.19 Å². The Hall–Kier alpha value is -2.80. The normalized spacial score (nSPS) is 11.3. The van der Waals surface area contributed by atoms with Crippen molar-refractivity contribution in [3.8, 4) is 17.0 Å². The molecule has 0 radical (unpaired) electrons. The highest BCUT2D eigenvalue weighted by atomic mass is 32.2. The molecule has 0 atom stereocenters. The van der Waals surface area contributed by atoms with Crippen molar-refractivity contribution in [2.45, 2.75) is 4.90 Å². The van der Waals surface area contributed by atoms with Crippen LogP contribution in [-0.4, -0.2) is 24.7 Å². The highest BCUT2D eigenvalue weighted by Gasteiger charge is 2.21. The molecule has 0 fully saturated rings. The van der Waals surface area contributed by atoms with Crippen LogP contribution in [0, 0.1) is 0 Å². The van der Waals surface area contributed by atoms with Crippen LogP contribution in [0.4, 0.5) is 5.82 Å². The maximum Gasteiger partial charge on any atom is 0.284 e. The lowest BCUT2D eigenvalue weighted by atomic mass is 10.1. The number of ether oxygens (including phenoxy) is 1. The lowest BCUT2D eigenvalue weighted by Crippen LogP contribution is -2.16. The summed E-state index contributed by atoms with van der Waals surface area (Å²) in [5.74, 6) is 0.762. The summed E-state index contributed by atoms with van der Waals surface area (Å²) in [4.78, 5) is 0.135. The molecule has 7 heteroatoms. The summed E-state index contributed by atoms with van der Waals surface area (Å²) in [6, 6.07) is 16.7. The SMILES string of the molecule is COc1ccc(-c2cc(N)n(S(=O)(=O)c3ccccc3)n2)cc1. The van der Waals surface area contributed by atoms with Gasteiger partial charge in [0.15, 0.2) is 0 Å². The second kappa shape index (κ2) is 5.77. The van der Waals surface area contributed by atoms with Crippen molar-refractivity contribution in [3.63, 3.8) is 0 Å². The van der Waals surface area contributed by atoms with Crippen LogP contribution in [0.1, 0.15) is 0 Å². The lowest BCUT2D eigenvalue weighted by Gasteiger charge is -2.05. The first-order valence-corrected chi connectivity index (χ1v) is 8.27. The Bertz CT molecular complexity index is 917. The van der Waals surface area contributed by atoms with Gasteiger partial charge in [0.25, 0.3) is 10.0 Å². The number of methoxy groups -OCH3 is 1. The van der Waals surface area contributed by atoms with Crippen LogP contribution in [0.15, 0.2) is 65.6 Å². The van der Waals surface area contributed by atoms with E-state index >= 15 is 0 Å². The smallest absolute Gasteiger partial charge is 0.284 e. The molecule has 118 valence electrons. The first-order valence-electron chi connectivity index (χ1n) is 6.83. The summed E-state index contributed by atoms with van der Waals surface area (Å²) in [6.45, 7) is 0. The number of nitrogen functional groups attached to an aromatic ring is 1. The molecular weight excluding hydrogens is 314 g/mol. The molecule has 0 aliphatic carbocycles. The Balaban J connectivity index is 2.04. The molecule has 1 heterocycles. The average molecular weight is 329 g/mol. The quantitative estimate of drug-likeness (QED) is 0.794. The molecular formula is C16H15N3O3S. The number of nitrogens with zero attached hydrogens (tertiary/aromatic N) is 2. The number of hydrogen-bond donors (Lipinski definition) is 1. The zero-order valence-corrected chi connectivity index (χ0v) is 13.2. The highest BCUT2D eigenvalue weighted by molar-refractivity contribution is 7.90. The molecule has 2 aromatic carbocycles. The van der Waals surface area contributed by atoms with E-state index in [-0.39, 0.29) is 10.7 Å². The molecule has 0 amide bonds. The standard InChI is InChI=1S/C16H15N3O3S/c1-22-13-9-7-12(8-10-13)15-11-16(17)19(18-15)23(20,21)14-5-3-2-4-6-14/h2-11H,17H2,1H3. The molecule has 0 saturated heterocycles. The summed E-state index contributed by atoms with van der Waals surface area (Å²) < 4.78 is 31.1. The third-order valence-electron chi connectivity index (χ3n) is 3.36. The molecule has 0 spiro atoms. The first-order chi connectivity index (χ1) is 11.0. The first kappa shape index (κ1) is 15.1. The Morgan fingerprint density at radius 2 is 1.70 bits per heavy atom. The van der Waals surface area contributed by atoms with Gasteiger partial charge < -0.3 is 10.5 Å². The molecule has 23 heavy (non-hydrogen) atoms. The number of hydrogen-bond acceptors (Lipinski definition) is 5. The summed E-state index contributed by atoms with van der Waals surface area (Å²) >= 11 is 0. The van der Waals surface area contributed by atoms with Gasteiger partial charge in [0.2, 0.25) is 0 Å². The van der Waals surface area contributed by atoms with E-state index in [1.54, 1.807) is 49.6 Å². The van der Waals surface area contributed by atoms with Crippen LogP contribution in [-0.2, 0) is 10.0 Å². The van der Waals surface area contributed by atoms with Crippen LogP contribution in [0.5, 0.6) is 5.75 Å². The van der Waals surface area contributed by atoms with Crippen LogP contribution in [0.2, 0.25) is 0 Å². The third-order valence-corrected chi connectivity index (χ3v) is 4.97. The van der Waals surface area contributed by atoms with Gasteiger partial charge in [0, 0.05) is 11.6 Å². The van der Waals surface area contributed by atoms with Gasteiger partial charge in [-0.2, -0.15) is 13.5 Å². The van der Waals surface area contributed by atoms with Gasteiger partial charge in [-0.3, -0.25) is 0 Å². The van der Waals surface area contributed by atoms with E-state index < -0.39 is 10.0 Å². The molecule has 0 unspecified atom stereocenters. The van der Waals surface area contributed by atoms with Gasteiger partial charge >= 0.3 is 0 Å². The topological polar surface area (TPSA) is 87.2 Å². The van der Waals surface area contributed by atoms with Crippen molar-refractivity contribution in [3.05, 3.63) is 60.7 Å². The summed E-state index contributed by atoms with van der Waals surface area (Å²) in [5.41, 5.74) is 7.08. The van der Waals surface area contributed by atoms with Crippen LogP contribution < -0.4 is 10.5 Å². The fourth-order valence-electron chi connectivity index (χ4n) is 2.17. The summed E-state index contributed by atoms with van der Waals surface area (Å²) in [6.07, 6.45) is 0. The average Bonchev–Trinajstić information content (AvgIpc) is 2.98. The van der Waals surface area contributed by atoms with Crippen LogP contribution in [0.25, 0.3) is 11.3 Å². The summed E-state index contributed by atoms with van der Waals surface area (Å²) in [7, 11) is -2.24. The maximum absolute atomic E-state index is 12.6. The predicted molar refractivity (Wildman–Crippen MR) is 87.7 cm³/mol. The van der Waals surface area contributed by atoms with E-state index in [9.17, 15) is 8.42 Å². The summed E-state index contributed by atoms with van der Waals surface area (Å²) in [5, 5.41) is 4.15. The van der Waals surface area contributed by atoms with Crippen molar-refractivity contribution < 1.29 is 13.2 Å². The Kier molecular flexibility index (Phi) is 3.79. The third kappa shape index (κ3) is 2.78. The minimum Gasteiger partial charge on any atom is -0.497 e. The lowest BCUT2D eigenvalue weighted by molar-refractivity contribution is 0.415. The fraction of sp³-hybridized carbons (Fsp3) is 0.0625. The van der Waals surface area contributed by atoms with Crippen LogP contribution >= 0.6 is 0 Å². The van der Waals surface area contributed by atoms with Crippen molar-refractivity contribution in [2.24, 2.45) is 0 Å². The van der Waals surface area contributed by atoms with E-state index in [0.717, 1.165) is 9.65 Å². The van der Waals surface area contributed by atoms with Gasteiger partial charge in [-0.25, -0.2) is 0 Å². The van der Waals surface area contributed by atoms with E-state index in [1.165, 1.54) is 18.2 Å². The minimum atomic E-state index is -3.81. The number of aromatic nitrogens is 2. The molecule has 3 aromatic rings. The Morgan fingerprint density at radius 1 is 1.04 bits per heavy atom. The Morgan fingerprint density at radius 3 is 2.30 bits per heavy atom. The van der Waals surface area contributed by atoms with Crippen molar-refractivity contribution in [1.29, 1.82) is 0 Å². The van der Waals surface area contributed by atoms with Gasteiger partial charge in [0.05, 0.1) is 17.7 Å². The van der Waals surface area contributed by atoms with Crippen LogP contribution in [0.3, 0.4) is 0 Å². The van der Waals surface area contributed by atoms with E-state index in [2.05, 4.69) is 5.10 Å². The number of anilines is 1. The zero-order chi connectivity index (χ0) is 16.4. The molecule has 0 aliphatic heterocycles. The molecule has 0 saturated carbocycles. The maximum atomic E-state index is 12.6. The predicted octanol–water partition coefficient (Wildman–Crippen LogP) is 2.38. The van der Waals surface area contributed by atoms with Gasteiger partial charge in [-0.1, -0.05) is 18.2 Å². The van der Waals surface area contributed by atoms with Crippen molar-refractivity contribution >= 4 is 15.8 Å². The molecule has 1 aromatic heterocycles. The van der Waals surface area contributed by atoms with Gasteiger partial charge in [-0.05, 0) is 36.4 Å². The van der Waals surface area contributed by atoms with E-state index in [0.29, 0.717) is 11.4 Å². The number of nitrogens with two attached hydrogens (primary N) is 1. The van der Waals surface area contributed by atoms with E-state index in [1.807, 2.05) is 0 Å².